The quantitative estimate of drug-likeness (QED) is 0.773. The third-order valence-electron chi connectivity index (χ3n) is 2.97. The summed E-state index contributed by atoms with van der Waals surface area (Å²) in [5, 5.41) is 9.67. The van der Waals surface area contributed by atoms with Crippen LogP contribution >= 0.6 is 34.2 Å². The highest BCUT2D eigenvalue weighted by atomic mass is 127. The Morgan fingerprint density at radius 2 is 1.86 bits per heavy atom. The minimum atomic E-state index is -1.08. The fraction of sp³-hybridized carbons (Fsp3) is 0.0667. The number of carboxylic acids is 1. The Morgan fingerprint density at radius 3 is 2.48 bits per heavy atom. The highest BCUT2D eigenvalue weighted by Gasteiger charge is 2.19. The van der Waals surface area contributed by atoms with Crippen molar-refractivity contribution in [2.24, 2.45) is 0 Å². The standard InChI is InChI=1S/C15H11ClINO3/c1-18(13-5-3-2-4-10(13)15(20)21)14(19)9-6-7-12(17)11(16)8-9/h2-8H,1H3,(H,20,21). The van der Waals surface area contributed by atoms with Gasteiger partial charge in [0.25, 0.3) is 5.91 Å². The van der Waals surface area contributed by atoms with E-state index in [0.29, 0.717) is 16.3 Å². The average molecular weight is 416 g/mol. The zero-order chi connectivity index (χ0) is 15.6. The molecule has 21 heavy (non-hydrogen) atoms. The number of para-hydroxylation sites is 1. The Kier molecular flexibility index (Phi) is 4.84. The summed E-state index contributed by atoms with van der Waals surface area (Å²) < 4.78 is 0.847. The molecule has 0 bridgehead atoms. The molecule has 4 nitrogen and oxygen atoms in total. The summed E-state index contributed by atoms with van der Waals surface area (Å²) >= 11 is 8.09. The lowest BCUT2D eigenvalue weighted by Gasteiger charge is -2.19. The van der Waals surface area contributed by atoms with E-state index in [-0.39, 0.29) is 11.5 Å². The normalized spacial score (nSPS) is 10.2. The molecule has 2 aromatic carbocycles. The molecule has 0 radical (unpaired) electrons. The van der Waals surface area contributed by atoms with Crippen LogP contribution in [0.3, 0.4) is 0 Å². The molecule has 0 spiro atoms. The van der Waals surface area contributed by atoms with Gasteiger partial charge < -0.3 is 10.0 Å². The van der Waals surface area contributed by atoms with Gasteiger partial charge in [0.15, 0.2) is 0 Å². The number of anilines is 1. The number of carbonyl (C=O) groups is 2. The lowest BCUT2D eigenvalue weighted by molar-refractivity contribution is 0.0697. The van der Waals surface area contributed by atoms with E-state index in [1.165, 1.54) is 18.0 Å². The van der Waals surface area contributed by atoms with Crippen molar-refractivity contribution < 1.29 is 14.7 Å². The highest BCUT2D eigenvalue weighted by molar-refractivity contribution is 14.1. The number of aromatic carboxylic acids is 1. The van der Waals surface area contributed by atoms with E-state index in [4.69, 9.17) is 11.6 Å². The third-order valence-corrected chi connectivity index (χ3v) is 4.54. The molecule has 1 amide bonds. The molecule has 108 valence electrons. The minimum absolute atomic E-state index is 0.0740. The number of benzene rings is 2. The molecule has 0 aliphatic rings. The molecule has 0 saturated heterocycles. The molecule has 0 atom stereocenters. The number of hydrogen-bond acceptors (Lipinski definition) is 2. The molecule has 0 saturated carbocycles. The Morgan fingerprint density at radius 1 is 1.19 bits per heavy atom. The number of nitrogens with zero attached hydrogens (tertiary/aromatic N) is 1. The molecule has 0 aliphatic heterocycles. The number of rotatable bonds is 3. The zero-order valence-corrected chi connectivity index (χ0v) is 13.9. The summed E-state index contributed by atoms with van der Waals surface area (Å²) in [6.07, 6.45) is 0. The molecule has 6 heteroatoms. The van der Waals surface area contributed by atoms with Crippen molar-refractivity contribution in [2.75, 3.05) is 11.9 Å². The summed E-state index contributed by atoms with van der Waals surface area (Å²) in [6.45, 7) is 0. The second-order valence-corrected chi connectivity index (χ2v) is 5.88. The highest BCUT2D eigenvalue weighted by Crippen LogP contribution is 2.24. The number of carbonyl (C=O) groups excluding carboxylic acids is 1. The van der Waals surface area contributed by atoms with Gasteiger partial charge in [0.05, 0.1) is 16.3 Å². The zero-order valence-electron chi connectivity index (χ0n) is 11.0. The molecular formula is C15H11ClINO3. The lowest BCUT2D eigenvalue weighted by Crippen LogP contribution is -2.27. The first-order valence-corrected chi connectivity index (χ1v) is 7.43. The second kappa shape index (κ2) is 6.44. The van der Waals surface area contributed by atoms with E-state index >= 15 is 0 Å². The van der Waals surface area contributed by atoms with Gasteiger partial charge in [-0.2, -0.15) is 0 Å². The van der Waals surface area contributed by atoms with E-state index in [1.54, 1.807) is 36.4 Å². The summed E-state index contributed by atoms with van der Waals surface area (Å²) in [4.78, 5) is 25.0. The maximum atomic E-state index is 12.5. The van der Waals surface area contributed by atoms with Crippen molar-refractivity contribution >= 4 is 51.8 Å². The molecule has 0 unspecified atom stereocenters. The first kappa shape index (κ1) is 15.8. The minimum Gasteiger partial charge on any atom is -0.478 e. The van der Waals surface area contributed by atoms with Crippen molar-refractivity contribution in [1.29, 1.82) is 0 Å². The van der Waals surface area contributed by atoms with Crippen LogP contribution in [0.2, 0.25) is 5.02 Å². The van der Waals surface area contributed by atoms with E-state index in [9.17, 15) is 14.7 Å². The van der Waals surface area contributed by atoms with Crippen LogP contribution in [-0.4, -0.2) is 24.0 Å². The molecular weight excluding hydrogens is 405 g/mol. The summed E-state index contributed by atoms with van der Waals surface area (Å²) in [5.41, 5.74) is 0.817. The predicted octanol–water partition coefficient (Wildman–Crippen LogP) is 3.92. The smallest absolute Gasteiger partial charge is 0.337 e. The van der Waals surface area contributed by atoms with Gasteiger partial charge >= 0.3 is 5.97 Å². The molecule has 2 rings (SSSR count). The fourth-order valence-electron chi connectivity index (χ4n) is 1.88. The topological polar surface area (TPSA) is 57.6 Å². The third kappa shape index (κ3) is 3.36. The maximum Gasteiger partial charge on any atom is 0.337 e. The second-order valence-electron chi connectivity index (χ2n) is 4.32. The van der Waals surface area contributed by atoms with Crippen molar-refractivity contribution in [3.63, 3.8) is 0 Å². The number of hydrogen-bond donors (Lipinski definition) is 1. The van der Waals surface area contributed by atoms with Crippen molar-refractivity contribution in [1.82, 2.24) is 0 Å². The summed E-state index contributed by atoms with van der Waals surface area (Å²) in [6, 6.07) is 11.3. The van der Waals surface area contributed by atoms with Gasteiger partial charge in [-0.1, -0.05) is 23.7 Å². The lowest BCUT2D eigenvalue weighted by atomic mass is 10.1. The van der Waals surface area contributed by atoms with Crippen LogP contribution < -0.4 is 4.90 Å². The largest absolute Gasteiger partial charge is 0.478 e. The number of amides is 1. The molecule has 0 fully saturated rings. The van der Waals surface area contributed by atoms with Gasteiger partial charge in [0.2, 0.25) is 0 Å². The van der Waals surface area contributed by atoms with Gasteiger partial charge in [-0.15, -0.1) is 0 Å². The van der Waals surface area contributed by atoms with E-state index in [2.05, 4.69) is 22.6 Å². The van der Waals surface area contributed by atoms with Gasteiger partial charge in [0, 0.05) is 16.2 Å². The van der Waals surface area contributed by atoms with Crippen LogP contribution in [0, 0.1) is 3.57 Å². The van der Waals surface area contributed by atoms with E-state index < -0.39 is 5.97 Å². The SMILES string of the molecule is CN(C(=O)c1ccc(I)c(Cl)c1)c1ccccc1C(=O)O. The van der Waals surface area contributed by atoms with Gasteiger partial charge in [-0.05, 0) is 52.9 Å². The first-order chi connectivity index (χ1) is 9.91. The van der Waals surface area contributed by atoms with Gasteiger partial charge in [-0.25, -0.2) is 4.79 Å². The Bertz CT molecular complexity index is 718. The van der Waals surface area contributed by atoms with Crippen LogP contribution in [0.5, 0.6) is 0 Å². The van der Waals surface area contributed by atoms with Crippen molar-refractivity contribution in [3.8, 4) is 0 Å². The number of carboxylic acid groups (broad SMARTS) is 1. The van der Waals surface area contributed by atoms with Gasteiger partial charge in [-0.3, -0.25) is 4.79 Å². The summed E-state index contributed by atoms with van der Waals surface area (Å²) in [7, 11) is 1.54. The molecule has 2 aromatic rings. The van der Waals surface area contributed by atoms with Crippen LogP contribution in [0.15, 0.2) is 42.5 Å². The Labute approximate surface area is 140 Å². The maximum absolute atomic E-state index is 12.5. The monoisotopic (exact) mass is 415 g/mol. The average Bonchev–Trinajstić information content (AvgIpc) is 2.48. The first-order valence-electron chi connectivity index (χ1n) is 5.97. The van der Waals surface area contributed by atoms with E-state index in [1.807, 2.05) is 0 Å². The predicted molar refractivity (Wildman–Crippen MR) is 90.3 cm³/mol. The Hall–Kier alpha value is -1.60. The van der Waals surface area contributed by atoms with Crippen LogP contribution in [0.1, 0.15) is 20.7 Å². The van der Waals surface area contributed by atoms with Crippen molar-refractivity contribution in [3.05, 3.63) is 62.2 Å². The number of halogens is 2. The van der Waals surface area contributed by atoms with Crippen molar-refractivity contribution in [2.45, 2.75) is 0 Å². The van der Waals surface area contributed by atoms with Crippen LogP contribution in [0.4, 0.5) is 5.69 Å². The molecule has 0 aromatic heterocycles. The van der Waals surface area contributed by atoms with E-state index in [0.717, 1.165) is 3.57 Å². The molecule has 0 aliphatic carbocycles. The molecule has 1 N–H and O–H groups in total. The fourth-order valence-corrected chi connectivity index (χ4v) is 2.40. The van der Waals surface area contributed by atoms with Crippen LogP contribution in [-0.2, 0) is 0 Å². The molecule has 0 heterocycles. The Balaban J connectivity index is 2.40. The van der Waals surface area contributed by atoms with Gasteiger partial charge in [0.1, 0.15) is 0 Å². The van der Waals surface area contributed by atoms with Crippen LogP contribution in [0.25, 0.3) is 0 Å². The summed E-state index contributed by atoms with van der Waals surface area (Å²) in [5.74, 6) is -1.40.